The molecule has 1 atom stereocenters. The Morgan fingerprint density at radius 1 is 1.20 bits per heavy atom. The van der Waals surface area contributed by atoms with Crippen LogP contribution in [0.3, 0.4) is 0 Å². The number of benzene rings is 2. The normalized spacial score (nSPS) is 11.5. The van der Waals surface area contributed by atoms with Crippen molar-refractivity contribution in [1.82, 2.24) is 10.6 Å². The molecule has 3 amide bonds. The number of hydrogen-bond donors (Lipinski definition) is 3. The van der Waals surface area contributed by atoms with Crippen LogP contribution in [0.5, 0.6) is 0 Å². The molecule has 0 radical (unpaired) electrons. The van der Waals surface area contributed by atoms with E-state index in [1.54, 1.807) is 18.2 Å². The zero-order valence-corrected chi connectivity index (χ0v) is 16.2. The molecule has 0 aliphatic carbocycles. The fourth-order valence-corrected chi connectivity index (χ4v) is 2.90. The van der Waals surface area contributed by atoms with Gasteiger partial charge in [0.05, 0.1) is 12.6 Å². The second-order valence-electron chi connectivity index (χ2n) is 5.61. The first kappa shape index (κ1) is 19.3. The minimum atomic E-state index is -0.421. The molecule has 2 aromatic carbocycles. The van der Waals surface area contributed by atoms with Crippen molar-refractivity contribution in [3.63, 3.8) is 0 Å². The highest BCUT2D eigenvalue weighted by Crippen LogP contribution is 2.20. The molecule has 2 aromatic rings. The van der Waals surface area contributed by atoms with Gasteiger partial charge in [0.1, 0.15) is 0 Å². The van der Waals surface area contributed by atoms with Gasteiger partial charge in [-0.2, -0.15) is 0 Å². The summed E-state index contributed by atoms with van der Waals surface area (Å²) in [7, 11) is 0. The third kappa shape index (κ3) is 6.07. The molecule has 2 rings (SSSR count). The third-order valence-corrected chi connectivity index (χ3v) is 4.30. The Kier molecular flexibility index (Phi) is 6.84. The molecule has 0 aromatic heterocycles. The lowest BCUT2D eigenvalue weighted by atomic mass is 10.1. The highest BCUT2D eigenvalue weighted by Gasteiger charge is 2.11. The molecular formula is C18H19BrClN3O2. The van der Waals surface area contributed by atoms with Crippen molar-refractivity contribution < 1.29 is 9.59 Å². The minimum absolute atomic E-state index is 0.121. The summed E-state index contributed by atoms with van der Waals surface area (Å²) in [6, 6.07) is 12.2. The van der Waals surface area contributed by atoms with Crippen molar-refractivity contribution in [2.75, 3.05) is 11.9 Å². The Hall–Kier alpha value is -2.05. The second-order valence-corrected chi connectivity index (χ2v) is 6.96. The van der Waals surface area contributed by atoms with Crippen LogP contribution < -0.4 is 16.0 Å². The van der Waals surface area contributed by atoms with E-state index in [-0.39, 0.29) is 18.5 Å². The summed E-state index contributed by atoms with van der Waals surface area (Å²) in [5, 5.41) is 8.68. The van der Waals surface area contributed by atoms with Crippen LogP contribution in [0.4, 0.5) is 10.5 Å². The SMILES string of the molecule is Cc1cc(Br)ccc1NC(=O)CNC(=O)NC(C)c1cccc(Cl)c1. The zero-order chi connectivity index (χ0) is 18.4. The van der Waals surface area contributed by atoms with Crippen LogP contribution in [0.2, 0.25) is 5.02 Å². The fraction of sp³-hybridized carbons (Fsp3) is 0.222. The lowest BCUT2D eigenvalue weighted by Crippen LogP contribution is -2.41. The topological polar surface area (TPSA) is 70.2 Å². The number of anilines is 1. The first-order valence-corrected chi connectivity index (χ1v) is 8.88. The van der Waals surface area contributed by atoms with E-state index in [1.165, 1.54) is 0 Å². The van der Waals surface area contributed by atoms with E-state index >= 15 is 0 Å². The number of nitrogens with one attached hydrogen (secondary N) is 3. The molecule has 7 heteroatoms. The Morgan fingerprint density at radius 3 is 2.64 bits per heavy atom. The minimum Gasteiger partial charge on any atom is -0.332 e. The molecule has 0 heterocycles. The summed E-state index contributed by atoms with van der Waals surface area (Å²) in [6.07, 6.45) is 0. The summed E-state index contributed by atoms with van der Waals surface area (Å²) in [6.45, 7) is 3.62. The Morgan fingerprint density at radius 2 is 1.96 bits per heavy atom. The predicted molar refractivity (Wildman–Crippen MR) is 104 cm³/mol. The molecule has 0 spiro atoms. The third-order valence-electron chi connectivity index (χ3n) is 3.57. The average molecular weight is 425 g/mol. The molecule has 0 saturated carbocycles. The molecule has 5 nitrogen and oxygen atoms in total. The van der Waals surface area contributed by atoms with Gasteiger partial charge in [-0.05, 0) is 55.3 Å². The highest BCUT2D eigenvalue weighted by molar-refractivity contribution is 9.10. The van der Waals surface area contributed by atoms with Gasteiger partial charge < -0.3 is 16.0 Å². The number of hydrogen-bond acceptors (Lipinski definition) is 2. The monoisotopic (exact) mass is 423 g/mol. The van der Waals surface area contributed by atoms with E-state index in [2.05, 4.69) is 31.9 Å². The number of urea groups is 1. The van der Waals surface area contributed by atoms with Gasteiger partial charge >= 0.3 is 6.03 Å². The van der Waals surface area contributed by atoms with Gasteiger partial charge in [0.25, 0.3) is 0 Å². The van der Waals surface area contributed by atoms with E-state index in [0.29, 0.717) is 10.7 Å². The Labute approximate surface area is 160 Å². The molecule has 0 aliphatic heterocycles. The van der Waals surface area contributed by atoms with Crippen LogP contribution in [0.25, 0.3) is 0 Å². The summed E-state index contributed by atoms with van der Waals surface area (Å²) in [5.41, 5.74) is 2.53. The molecule has 0 bridgehead atoms. The van der Waals surface area contributed by atoms with Gasteiger partial charge in [0, 0.05) is 15.2 Å². The molecule has 0 saturated heterocycles. The van der Waals surface area contributed by atoms with Gasteiger partial charge in [-0.1, -0.05) is 39.7 Å². The molecule has 3 N–H and O–H groups in total. The molecular weight excluding hydrogens is 406 g/mol. The number of aryl methyl sites for hydroxylation is 1. The Balaban J connectivity index is 1.82. The van der Waals surface area contributed by atoms with Crippen LogP contribution >= 0.6 is 27.5 Å². The maximum absolute atomic E-state index is 12.0. The van der Waals surface area contributed by atoms with E-state index < -0.39 is 6.03 Å². The van der Waals surface area contributed by atoms with Crippen LogP contribution in [0.1, 0.15) is 24.1 Å². The number of amides is 3. The first-order valence-electron chi connectivity index (χ1n) is 7.71. The van der Waals surface area contributed by atoms with Gasteiger partial charge in [0.15, 0.2) is 0 Å². The van der Waals surface area contributed by atoms with Crippen molar-refractivity contribution >= 4 is 45.2 Å². The first-order chi connectivity index (χ1) is 11.8. The lowest BCUT2D eigenvalue weighted by Gasteiger charge is -2.15. The Bertz CT molecular complexity index is 783. The van der Waals surface area contributed by atoms with Crippen LogP contribution in [-0.2, 0) is 4.79 Å². The molecule has 25 heavy (non-hydrogen) atoms. The quantitative estimate of drug-likeness (QED) is 0.665. The zero-order valence-electron chi connectivity index (χ0n) is 13.9. The summed E-state index contributed by atoms with van der Waals surface area (Å²) < 4.78 is 0.940. The van der Waals surface area contributed by atoms with Crippen LogP contribution in [0.15, 0.2) is 46.9 Å². The van der Waals surface area contributed by atoms with Gasteiger partial charge in [-0.25, -0.2) is 4.79 Å². The highest BCUT2D eigenvalue weighted by atomic mass is 79.9. The smallest absolute Gasteiger partial charge is 0.315 e. The maximum Gasteiger partial charge on any atom is 0.315 e. The van der Waals surface area contributed by atoms with E-state index in [0.717, 1.165) is 15.6 Å². The average Bonchev–Trinajstić information content (AvgIpc) is 2.55. The molecule has 132 valence electrons. The van der Waals surface area contributed by atoms with Gasteiger partial charge in [0.2, 0.25) is 5.91 Å². The molecule has 0 fully saturated rings. The van der Waals surface area contributed by atoms with E-state index in [1.807, 2.05) is 38.1 Å². The molecule has 0 aliphatic rings. The summed E-state index contributed by atoms with van der Waals surface area (Å²) in [5.74, 6) is -0.295. The lowest BCUT2D eigenvalue weighted by molar-refractivity contribution is -0.115. The maximum atomic E-state index is 12.0. The second kappa shape index (κ2) is 8.87. The standard InChI is InChI=1S/C18H19BrClN3O2/c1-11-8-14(19)6-7-16(11)23-17(24)10-21-18(25)22-12(2)13-4-3-5-15(20)9-13/h3-9,12H,10H2,1-2H3,(H,23,24)(H2,21,22,25). The number of carbonyl (C=O) groups excluding carboxylic acids is 2. The van der Waals surface area contributed by atoms with E-state index in [9.17, 15) is 9.59 Å². The van der Waals surface area contributed by atoms with Crippen LogP contribution in [0, 0.1) is 6.92 Å². The van der Waals surface area contributed by atoms with Crippen molar-refractivity contribution in [2.24, 2.45) is 0 Å². The van der Waals surface area contributed by atoms with Gasteiger partial charge in [-0.3, -0.25) is 4.79 Å². The van der Waals surface area contributed by atoms with E-state index in [4.69, 9.17) is 11.6 Å². The van der Waals surface area contributed by atoms with Crippen molar-refractivity contribution in [1.29, 1.82) is 0 Å². The van der Waals surface area contributed by atoms with Crippen molar-refractivity contribution in [3.8, 4) is 0 Å². The number of rotatable bonds is 5. The summed E-state index contributed by atoms with van der Waals surface area (Å²) in [4.78, 5) is 23.9. The van der Waals surface area contributed by atoms with Crippen molar-refractivity contribution in [3.05, 3.63) is 63.1 Å². The van der Waals surface area contributed by atoms with Crippen molar-refractivity contribution in [2.45, 2.75) is 19.9 Å². The van der Waals surface area contributed by atoms with Crippen LogP contribution in [-0.4, -0.2) is 18.5 Å². The number of carbonyl (C=O) groups is 2. The summed E-state index contributed by atoms with van der Waals surface area (Å²) >= 11 is 9.32. The molecule has 1 unspecified atom stereocenters. The largest absolute Gasteiger partial charge is 0.332 e. The predicted octanol–water partition coefficient (Wildman–Crippen LogP) is 4.41. The number of halogens is 2. The van der Waals surface area contributed by atoms with Gasteiger partial charge in [-0.15, -0.1) is 0 Å². The fourth-order valence-electron chi connectivity index (χ4n) is 2.23.